The molecule has 0 saturated carbocycles. The second-order valence-electron chi connectivity index (χ2n) is 5.05. The number of esters is 3. The number of thioether (sulfide) groups is 1. The van der Waals surface area contributed by atoms with Crippen molar-refractivity contribution in [1.82, 2.24) is 4.90 Å². The molecule has 4 atom stereocenters. The predicted molar refractivity (Wildman–Crippen MR) is 74.8 cm³/mol. The van der Waals surface area contributed by atoms with E-state index in [-0.39, 0.29) is 6.54 Å². The number of carbonyl (C=O) groups is 5. The van der Waals surface area contributed by atoms with Crippen LogP contribution in [-0.2, 0) is 38.2 Å². The predicted octanol–water partition coefficient (Wildman–Crippen LogP) is -0.777. The topological polar surface area (TPSA) is 116 Å². The SMILES string of the molecule is CC(=O)O[C@@H]1[C@H](OC(C)=O)[C@H](OC(C)=O)CN2C(=O)C(=O)S[C@@H]12. The number of fused-ring (bicyclic) bond motifs is 1. The first-order valence-electron chi connectivity index (χ1n) is 6.74. The van der Waals surface area contributed by atoms with Gasteiger partial charge in [-0.3, -0.25) is 24.0 Å². The second-order valence-corrected chi connectivity index (χ2v) is 6.14. The number of hydrogen-bond acceptors (Lipinski definition) is 9. The van der Waals surface area contributed by atoms with Gasteiger partial charge in [0.15, 0.2) is 18.3 Å². The van der Waals surface area contributed by atoms with E-state index >= 15 is 0 Å². The highest BCUT2D eigenvalue weighted by molar-refractivity contribution is 8.16. The van der Waals surface area contributed by atoms with E-state index in [9.17, 15) is 24.0 Å². The molecule has 0 unspecified atom stereocenters. The minimum atomic E-state index is -1.12. The Balaban J connectivity index is 2.37. The van der Waals surface area contributed by atoms with E-state index in [1.54, 1.807) is 0 Å². The number of carbonyl (C=O) groups excluding carboxylic acids is 5. The molecular weight excluding hydrogens is 330 g/mol. The molecular formula is C13H15NO8S. The fourth-order valence-corrected chi connectivity index (χ4v) is 3.62. The lowest BCUT2D eigenvalue weighted by Gasteiger charge is -2.42. The minimum Gasteiger partial charge on any atom is -0.457 e. The Bertz CT molecular complexity index is 576. The number of piperidine rings is 1. The third kappa shape index (κ3) is 3.63. The van der Waals surface area contributed by atoms with Crippen LogP contribution in [0.25, 0.3) is 0 Å². The zero-order valence-corrected chi connectivity index (χ0v) is 13.5. The van der Waals surface area contributed by atoms with Crippen molar-refractivity contribution in [2.24, 2.45) is 0 Å². The molecule has 0 N–H and O–H groups in total. The average Bonchev–Trinajstić information content (AvgIpc) is 2.68. The molecule has 9 nitrogen and oxygen atoms in total. The first kappa shape index (κ1) is 17.3. The summed E-state index contributed by atoms with van der Waals surface area (Å²) in [6.45, 7) is 3.33. The molecule has 23 heavy (non-hydrogen) atoms. The molecule has 2 heterocycles. The molecule has 1 amide bonds. The first-order chi connectivity index (χ1) is 10.7. The van der Waals surface area contributed by atoms with Gasteiger partial charge in [0, 0.05) is 20.8 Å². The third-order valence-corrected chi connectivity index (χ3v) is 4.39. The van der Waals surface area contributed by atoms with Gasteiger partial charge < -0.3 is 19.1 Å². The Kier molecular flexibility index (Phi) is 4.93. The van der Waals surface area contributed by atoms with Crippen LogP contribution in [0.4, 0.5) is 0 Å². The standard InChI is InChI=1S/C13H15NO8S/c1-5(15)20-8-4-14-11(18)13(19)23-12(14)10(22-7(3)17)9(8)21-6(2)16/h8-10,12H,4H2,1-3H3/t8-,9-,10-,12+/m1/s1. The van der Waals surface area contributed by atoms with E-state index < -0.39 is 52.6 Å². The summed E-state index contributed by atoms with van der Waals surface area (Å²) in [5.41, 5.74) is 0. The largest absolute Gasteiger partial charge is 0.457 e. The monoisotopic (exact) mass is 345 g/mol. The van der Waals surface area contributed by atoms with Gasteiger partial charge in [-0.05, 0) is 11.8 Å². The van der Waals surface area contributed by atoms with Gasteiger partial charge in [0.25, 0.3) is 5.12 Å². The van der Waals surface area contributed by atoms with Gasteiger partial charge in [-0.2, -0.15) is 0 Å². The normalized spacial score (nSPS) is 29.8. The minimum absolute atomic E-state index is 0.127. The number of rotatable bonds is 3. The van der Waals surface area contributed by atoms with Crippen LogP contribution in [0.5, 0.6) is 0 Å². The van der Waals surface area contributed by atoms with Crippen LogP contribution < -0.4 is 0 Å². The lowest BCUT2D eigenvalue weighted by molar-refractivity contribution is -0.197. The van der Waals surface area contributed by atoms with Gasteiger partial charge in [-0.25, -0.2) is 0 Å². The highest BCUT2D eigenvalue weighted by Crippen LogP contribution is 2.37. The molecule has 0 bridgehead atoms. The molecule has 0 aromatic rings. The molecule has 2 rings (SSSR count). The number of amides is 1. The van der Waals surface area contributed by atoms with Crippen molar-refractivity contribution in [1.29, 1.82) is 0 Å². The zero-order valence-electron chi connectivity index (χ0n) is 12.6. The molecule has 0 spiro atoms. The lowest BCUT2D eigenvalue weighted by atomic mass is 10.0. The van der Waals surface area contributed by atoms with E-state index in [1.807, 2.05) is 0 Å². The van der Waals surface area contributed by atoms with Crippen LogP contribution in [0.3, 0.4) is 0 Å². The van der Waals surface area contributed by atoms with Crippen molar-refractivity contribution < 1.29 is 38.2 Å². The summed E-state index contributed by atoms with van der Waals surface area (Å²) in [5.74, 6) is -2.77. The number of hydrogen-bond donors (Lipinski definition) is 0. The average molecular weight is 345 g/mol. The molecule has 2 fully saturated rings. The highest BCUT2D eigenvalue weighted by Gasteiger charge is 2.56. The van der Waals surface area contributed by atoms with Gasteiger partial charge in [0.05, 0.1) is 6.54 Å². The van der Waals surface area contributed by atoms with Gasteiger partial charge in [-0.1, -0.05) is 0 Å². The van der Waals surface area contributed by atoms with Crippen LogP contribution in [0.2, 0.25) is 0 Å². The molecule has 126 valence electrons. The van der Waals surface area contributed by atoms with E-state index in [1.165, 1.54) is 0 Å². The van der Waals surface area contributed by atoms with E-state index in [4.69, 9.17) is 14.2 Å². The maximum atomic E-state index is 11.9. The third-order valence-electron chi connectivity index (χ3n) is 3.24. The maximum Gasteiger partial charge on any atom is 0.303 e. The summed E-state index contributed by atoms with van der Waals surface area (Å²) in [5, 5.41) is -1.53. The second kappa shape index (κ2) is 6.57. The van der Waals surface area contributed by atoms with Crippen LogP contribution in [0, 0.1) is 0 Å². The van der Waals surface area contributed by atoms with Crippen LogP contribution >= 0.6 is 11.8 Å². The molecule has 10 heteroatoms. The smallest absolute Gasteiger partial charge is 0.303 e. The zero-order chi connectivity index (χ0) is 17.3. The Labute approximate surface area is 135 Å². The van der Waals surface area contributed by atoms with Crippen molar-refractivity contribution in [3.8, 4) is 0 Å². The van der Waals surface area contributed by atoms with E-state index in [0.29, 0.717) is 11.8 Å². The Hall–Kier alpha value is -2.10. The Morgan fingerprint density at radius 2 is 1.48 bits per heavy atom. The number of nitrogens with zero attached hydrogens (tertiary/aromatic N) is 1. The number of ether oxygens (including phenoxy) is 3. The Morgan fingerprint density at radius 1 is 0.957 bits per heavy atom. The van der Waals surface area contributed by atoms with Crippen molar-refractivity contribution in [3.63, 3.8) is 0 Å². The molecule has 2 aliphatic rings. The van der Waals surface area contributed by atoms with Gasteiger partial charge >= 0.3 is 23.8 Å². The van der Waals surface area contributed by atoms with Crippen molar-refractivity contribution in [3.05, 3.63) is 0 Å². The molecule has 2 saturated heterocycles. The van der Waals surface area contributed by atoms with Gasteiger partial charge in [0.1, 0.15) is 5.37 Å². The maximum absolute atomic E-state index is 11.9. The summed E-state index contributed by atoms with van der Waals surface area (Å²) in [4.78, 5) is 58.7. The van der Waals surface area contributed by atoms with Crippen molar-refractivity contribution in [2.45, 2.75) is 44.5 Å². The first-order valence-corrected chi connectivity index (χ1v) is 7.62. The summed E-state index contributed by atoms with van der Waals surface area (Å²) < 4.78 is 15.4. The molecule has 0 aromatic carbocycles. The molecule has 0 aliphatic carbocycles. The molecule has 2 aliphatic heterocycles. The van der Waals surface area contributed by atoms with Crippen LogP contribution in [0.1, 0.15) is 20.8 Å². The fraction of sp³-hybridized carbons (Fsp3) is 0.615. The lowest BCUT2D eigenvalue weighted by Crippen LogP contribution is -2.62. The van der Waals surface area contributed by atoms with Gasteiger partial charge in [0.2, 0.25) is 0 Å². The summed E-state index contributed by atoms with van der Waals surface area (Å²) in [6.07, 6.45) is -3.25. The van der Waals surface area contributed by atoms with E-state index in [2.05, 4.69) is 0 Å². The van der Waals surface area contributed by atoms with Crippen molar-refractivity contribution >= 4 is 40.7 Å². The van der Waals surface area contributed by atoms with E-state index in [0.717, 1.165) is 25.7 Å². The highest BCUT2D eigenvalue weighted by atomic mass is 32.2. The Morgan fingerprint density at radius 3 is 2.00 bits per heavy atom. The summed E-state index contributed by atoms with van der Waals surface area (Å²) in [7, 11) is 0. The molecule has 0 radical (unpaired) electrons. The quantitative estimate of drug-likeness (QED) is 0.369. The van der Waals surface area contributed by atoms with Crippen LogP contribution in [-0.4, -0.2) is 64.1 Å². The summed E-state index contributed by atoms with van der Waals surface area (Å²) in [6, 6.07) is 0. The summed E-state index contributed by atoms with van der Waals surface area (Å²) >= 11 is 0.688. The van der Waals surface area contributed by atoms with Crippen molar-refractivity contribution in [2.75, 3.05) is 6.54 Å². The van der Waals surface area contributed by atoms with Crippen LogP contribution in [0.15, 0.2) is 0 Å². The van der Waals surface area contributed by atoms with Gasteiger partial charge in [-0.15, -0.1) is 0 Å². The molecule has 0 aromatic heterocycles. The fourth-order valence-electron chi connectivity index (χ4n) is 2.53.